The second-order valence-electron chi connectivity index (χ2n) is 13.9. The lowest BCUT2D eigenvalue weighted by atomic mass is 10.2. The van der Waals surface area contributed by atoms with Crippen molar-refractivity contribution in [1.82, 2.24) is 4.90 Å². The monoisotopic (exact) mass is 938 g/mol. The second-order valence-corrected chi connectivity index (χ2v) is 20.6. The maximum Gasteiger partial charge on any atom is 0.269 e. The summed E-state index contributed by atoms with van der Waals surface area (Å²) in [5.74, 6) is 0. The minimum Gasteiger partial charge on any atom is -0.368 e. The van der Waals surface area contributed by atoms with E-state index < -0.39 is 14.8 Å². The van der Waals surface area contributed by atoms with Crippen molar-refractivity contribution in [2.45, 2.75) is 0 Å². The molecule has 0 unspecified atom stereocenters. The van der Waals surface area contributed by atoms with E-state index in [4.69, 9.17) is 15.0 Å². The zero-order valence-corrected chi connectivity index (χ0v) is 38.9. The summed E-state index contributed by atoms with van der Waals surface area (Å²) in [5, 5.41) is 36.8. The van der Waals surface area contributed by atoms with Crippen molar-refractivity contribution >= 4 is 100 Å². The Bertz CT molecular complexity index is 2400. The van der Waals surface area contributed by atoms with E-state index in [1.165, 1.54) is 36.4 Å². The molecule has 22 heteroatoms. The van der Waals surface area contributed by atoms with E-state index in [-0.39, 0.29) is 17.1 Å². The minimum absolute atomic E-state index is 0.0459. The molecule has 3 aromatic heterocycles. The maximum atomic E-state index is 11.3. The SMILES string of the molecule is CN(C)c1sc(=NCCN(CCN=c2sc(-c3ccc([N+](=O)[O-])cc3)c(N(C)C)s2)CCN=c2sc(-c3ccc([N+](=O)[O-])cc3)c(N(C)C)s2)sc1-c1ccc([N+](=O)[O-])cc1. The average Bonchev–Trinajstić information content (AvgIpc) is 3.99. The van der Waals surface area contributed by atoms with Gasteiger partial charge in [-0.1, -0.05) is 34.0 Å². The highest BCUT2D eigenvalue weighted by Crippen LogP contribution is 2.39. The number of nitrogens with zero attached hydrogens (tertiary/aromatic N) is 10. The molecule has 3 heterocycles. The summed E-state index contributed by atoms with van der Waals surface area (Å²) >= 11 is 9.46. The standard InChI is InChI=1S/C39H42N10O6S6/c1-43(2)34-31(25-7-13-28(14-8-25)47(50)51)56-37(59-34)40-19-22-46(23-20-41-38-57-32(35(60-38)44(3)4)26-9-15-29(16-10-26)48(52)53)24-21-42-39-58-33(36(61-39)45(5)6)27-11-17-30(18-12-27)49(54)55/h7-18H,19-24H2,1-6H3. The lowest BCUT2D eigenvalue weighted by Crippen LogP contribution is -2.32. The zero-order chi connectivity index (χ0) is 43.8. The molecule has 320 valence electrons. The van der Waals surface area contributed by atoms with E-state index in [1.807, 2.05) is 57.0 Å². The van der Waals surface area contributed by atoms with Gasteiger partial charge in [-0.15, -0.1) is 34.0 Å². The largest absolute Gasteiger partial charge is 0.368 e. The summed E-state index contributed by atoms with van der Waals surface area (Å²) in [7, 11) is 11.8. The Kier molecular flexibility index (Phi) is 15.3. The highest BCUT2D eigenvalue weighted by atomic mass is 32.2. The summed E-state index contributed by atoms with van der Waals surface area (Å²) in [6.07, 6.45) is 0. The molecule has 0 spiro atoms. The van der Waals surface area contributed by atoms with Gasteiger partial charge in [-0.3, -0.25) is 50.2 Å². The number of hydrogen-bond acceptors (Lipinski definition) is 19. The quantitative estimate of drug-likeness (QED) is 0.0600. The fourth-order valence-corrected chi connectivity index (χ4v) is 13.3. The van der Waals surface area contributed by atoms with Gasteiger partial charge in [0.25, 0.3) is 17.1 Å². The molecule has 16 nitrogen and oxygen atoms in total. The first-order chi connectivity index (χ1) is 29.2. The van der Waals surface area contributed by atoms with E-state index in [9.17, 15) is 30.3 Å². The molecule has 0 fully saturated rings. The minimum atomic E-state index is -0.400. The van der Waals surface area contributed by atoms with Crippen LogP contribution in [0.3, 0.4) is 0 Å². The third kappa shape index (κ3) is 11.6. The highest BCUT2D eigenvalue weighted by molar-refractivity contribution is 7.33. The Balaban J connectivity index is 1.24. The number of nitro benzene ring substituents is 3. The summed E-state index contributed by atoms with van der Waals surface area (Å²) in [6.45, 7) is 3.60. The molecule has 0 aliphatic carbocycles. The van der Waals surface area contributed by atoms with Crippen LogP contribution in [-0.2, 0) is 0 Å². The molecule has 0 aliphatic heterocycles. The first-order valence-corrected chi connectivity index (χ1v) is 23.5. The van der Waals surface area contributed by atoms with Crippen LogP contribution in [0.5, 0.6) is 0 Å². The van der Waals surface area contributed by atoms with E-state index >= 15 is 0 Å². The number of hydrogen-bond donors (Lipinski definition) is 0. The van der Waals surface area contributed by atoms with Crippen molar-refractivity contribution in [3.63, 3.8) is 0 Å². The fraction of sp³-hybridized carbons (Fsp3) is 0.308. The molecule has 0 saturated carbocycles. The van der Waals surface area contributed by atoms with Gasteiger partial charge in [-0.2, -0.15) is 0 Å². The van der Waals surface area contributed by atoms with Gasteiger partial charge in [0.2, 0.25) is 0 Å². The van der Waals surface area contributed by atoms with Crippen LogP contribution < -0.4 is 26.7 Å². The van der Waals surface area contributed by atoms with Crippen LogP contribution in [0.25, 0.3) is 31.3 Å². The van der Waals surface area contributed by atoms with Gasteiger partial charge in [-0.25, -0.2) is 0 Å². The van der Waals surface area contributed by atoms with E-state index in [0.29, 0.717) is 39.3 Å². The maximum absolute atomic E-state index is 11.3. The molecule has 61 heavy (non-hydrogen) atoms. The highest BCUT2D eigenvalue weighted by Gasteiger charge is 2.17. The van der Waals surface area contributed by atoms with Crippen LogP contribution in [0.15, 0.2) is 87.8 Å². The predicted octanol–water partition coefficient (Wildman–Crippen LogP) is 8.38. The summed E-state index contributed by atoms with van der Waals surface area (Å²) < 4.78 is 2.70. The van der Waals surface area contributed by atoms with Gasteiger partial charge in [0.05, 0.1) is 49.0 Å². The van der Waals surface area contributed by atoms with Crippen molar-refractivity contribution in [3.8, 4) is 31.3 Å². The molecule has 0 amide bonds. The van der Waals surface area contributed by atoms with Gasteiger partial charge >= 0.3 is 0 Å². The van der Waals surface area contributed by atoms with Gasteiger partial charge < -0.3 is 14.7 Å². The van der Waals surface area contributed by atoms with Crippen molar-refractivity contribution < 1.29 is 14.8 Å². The number of nitro groups is 3. The molecule has 6 rings (SSSR count). The molecule has 0 bridgehead atoms. The second kappa shape index (κ2) is 20.6. The Morgan fingerprint density at radius 3 is 0.885 bits per heavy atom. The smallest absolute Gasteiger partial charge is 0.269 e. The number of non-ortho nitro benzene ring substituents is 3. The summed E-state index contributed by atoms with van der Waals surface area (Å²) in [6, 6.07) is 19.8. The van der Waals surface area contributed by atoms with E-state index in [2.05, 4.69) is 4.90 Å². The summed E-state index contributed by atoms with van der Waals surface area (Å²) in [4.78, 5) is 59.0. The van der Waals surface area contributed by atoms with E-state index in [0.717, 1.165) is 58.3 Å². The topological polar surface area (TPSA) is 179 Å². The van der Waals surface area contributed by atoms with Gasteiger partial charge in [0, 0.05) is 98.3 Å². The van der Waals surface area contributed by atoms with Gasteiger partial charge in [-0.05, 0) is 53.1 Å². The van der Waals surface area contributed by atoms with Crippen molar-refractivity contribution in [1.29, 1.82) is 0 Å². The lowest BCUT2D eigenvalue weighted by molar-refractivity contribution is -0.385. The van der Waals surface area contributed by atoms with Crippen molar-refractivity contribution in [3.05, 3.63) is 115 Å². The third-order valence-corrected chi connectivity index (χ3v) is 16.8. The van der Waals surface area contributed by atoms with Gasteiger partial charge in [0.1, 0.15) is 15.0 Å². The molecule has 0 N–H and O–H groups in total. The Labute approximate surface area is 375 Å². The first kappa shape index (κ1) is 45.3. The van der Waals surface area contributed by atoms with Crippen molar-refractivity contribution in [2.24, 2.45) is 15.0 Å². The molecule has 0 saturated heterocycles. The normalized spacial score (nSPS) is 12.3. The van der Waals surface area contributed by atoms with Crippen LogP contribution in [0.4, 0.5) is 32.1 Å². The molecule has 0 atom stereocenters. The average molecular weight is 939 g/mol. The van der Waals surface area contributed by atoms with Crippen LogP contribution >= 0.6 is 68.0 Å². The van der Waals surface area contributed by atoms with Crippen molar-refractivity contribution in [2.75, 3.05) is 96.3 Å². The van der Waals surface area contributed by atoms with E-state index in [1.54, 1.807) is 104 Å². The number of rotatable bonds is 18. The molecule has 0 radical (unpaired) electrons. The molecular weight excluding hydrogens is 897 g/mol. The Hall–Kier alpha value is -5.23. The fourth-order valence-electron chi connectivity index (χ4n) is 5.85. The predicted molar refractivity (Wildman–Crippen MR) is 254 cm³/mol. The van der Waals surface area contributed by atoms with Crippen LogP contribution in [0.2, 0.25) is 0 Å². The molecule has 3 aromatic carbocycles. The number of anilines is 3. The lowest BCUT2D eigenvalue weighted by Gasteiger charge is -2.19. The van der Waals surface area contributed by atoms with Gasteiger partial charge in [0.15, 0.2) is 12.0 Å². The molecule has 0 aliphatic rings. The number of benzene rings is 3. The summed E-state index contributed by atoms with van der Waals surface area (Å²) in [5.41, 5.74) is 2.83. The Morgan fingerprint density at radius 2 is 0.672 bits per heavy atom. The van der Waals surface area contributed by atoms with Crippen LogP contribution in [0.1, 0.15) is 0 Å². The first-order valence-electron chi connectivity index (χ1n) is 18.6. The molecular formula is C39H42N10O6S6. The Morgan fingerprint density at radius 1 is 0.426 bits per heavy atom. The third-order valence-electron chi connectivity index (χ3n) is 8.91. The zero-order valence-electron chi connectivity index (χ0n) is 34.0. The molecule has 6 aromatic rings. The van der Waals surface area contributed by atoms with Crippen LogP contribution in [-0.4, -0.2) is 101 Å². The van der Waals surface area contributed by atoms with Crippen LogP contribution in [0, 0.1) is 30.3 Å².